The molecule has 0 saturated heterocycles. The molecule has 0 saturated carbocycles. The van der Waals surface area contributed by atoms with E-state index in [0.29, 0.717) is 6.54 Å². The Labute approximate surface area is 147 Å². The zero-order valence-electron chi connectivity index (χ0n) is 16.1. The fraction of sp³-hybridized carbons (Fsp3) is 0.632. The average Bonchev–Trinajstić information content (AvgIpc) is 2.55. The van der Waals surface area contributed by atoms with Gasteiger partial charge in [-0.1, -0.05) is 19.1 Å². The second kappa shape index (κ2) is 10.9. The zero-order valence-corrected chi connectivity index (χ0v) is 16.1. The van der Waals surface area contributed by atoms with E-state index in [2.05, 4.69) is 73.6 Å². The van der Waals surface area contributed by atoms with Gasteiger partial charge in [0, 0.05) is 25.7 Å². The van der Waals surface area contributed by atoms with Crippen molar-refractivity contribution in [2.75, 3.05) is 34.2 Å². The lowest BCUT2D eigenvalue weighted by molar-refractivity contribution is 0.215. The Kier molecular flexibility index (Phi) is 9.23. The molecule has 2 N–H and O–H groups in total. The standard InChI is InChI=1S/C19H34N4O/c1-7-16(3)24-18-13-15(2)9-10-17(18)14-22-19(20-4)21-11-8-12-23(5)6/h9-10,13,16H,7-8,11-12,14H2,1-6H3,(H2,20,21,22). The van der Waals surface area contributed by atoms with Crippen LogP contribution in [-0.4, -0.2) is 51.2 Å². The summed E-state index contributed by atoms with van der Waals surface area (Å²) >= 11 is 0. The third kappa shape index (κ3) is 7.68. The minimum Gasteiger partial charge on any atom is -0.490 e. The van der Waals surface area contributed by atoms with Crippen LogP contribution >= 0.6 is 0 Å². The maximum absolute atomic E-state index is 6.06. The summed E-state index contributed by atoms with van der Waals surface area (Å²) in [5.74, 6) is 1.78. The van der Waals surface area contributed by atoms with Crippen molar-refractivity contribution >= 4 is 5.96 Å². The highest BCUT2D eigenvalue weighted by Gasteiger charge is 2.08. The summed E-state index contributed by atoms with van der Waals surface area (Å²) in [5.41, 5.74) is 2.36. The molecule has 24 heavy (non-hydrogen) atoms. The van der Waals surface area contributed by atoms with Gasteiger partial charge in [-0.25, -0.2) is 0 Å². The van der Waals surface area contributed by atoms with E-state index in [9.17, 15) is 0 Å². The predicted octanol–water partition coefficient (Wildman–Crippen LogP) is 2.79. The average molecular weight is 335 g/mol. The van der Waals surface area contributed by atoms with Crippen molar-refractivity contribution in [1.82, 2.24) is 15.5 Å². The van der Waals surface area contributed by atoms with Gasteiger partial charge in [-0.05, 0) is 59.0 Å². The van der Waals surface area contributed by atoms with E-state index >= 15 is 0 Å². The Hall–Kier alpha value is -1.75. The van der Waals surface area contributed by atoms with Crippen molar-refractivity contribution < 1.29 is 4.74 Å². The van der Waals surface area contributed by atoms with Crippen LogP contribution in [0.25, 0.3) is 0 Å². The molecule has 5 nitrogen and oxygen atoms in total. The lowest BCUT2D eigenvalue weighted by Crippen LogP contribution is -2.38. The van der Waals surface area contributed by atoms with Crippen LogP contribution < -0.4 is 15.4 Å². The second-order valence-electron chi connectivity index (χ2n) is 6.46. The van der Waals surface area contributed by atoms with E-state index in [-0.39, 0.29) is 6.10 Å². The molecule has 5 heteroatoms. The van der Waals surface area contributed by atoms with E-state index in [4.69, 9.17) is 4.74 Å². The van der Waals surface area contributed by atoms with Crippen LogP contribution in [0.3, 0.4) is 0 Å². The number of ether oxygens (including phenoxy) is 1. The van der Waals surface area contributed by atoms with Crippen LogP contribution in [0.1, 0.15) is 37.8 Å². The van der Waals surface area contributed by atoms with Gasteiger partial charge in [0.25, 0.3) is 0 Å². The molecule has 136 valence electrons. The number of aliphatic imine (C=N–C) groups is 1. The van der Waals surface area contributed by atoms with Crippen LogP contribution in [0.5, 0.6) is 5.75 Å². The third-order valence-electron chi connectivity index (χ3n) is 3.87. The number of guanidine groups is 1. The van der Waals surface area contributed by atoms with Gasteiger partial charge in [0.2, 0.25) is 0 Å². The smallest absolute Gasteiger partial charge is 0.191 e. The van der Waals surface area contributed by atoms with E-state index < -0.39 is 0 Å². The minimum atomic E-state index is 0.217. The Morgan fingerprint density at radius 1 is 1.29 bits per heavy atom. The van der Waals surface area contributed by atoms with Gasteiger partial charge in [-0.2, -0.15) is 0 Å². The summed E-state index contributed by atoms with van der Waals surface area (Å²) in [6.45, 7) is 8.99. The summed E-state index contributed by atoms with van der Waals surface area (Å²) in [5, 5.41) is 6.72. The Morgan fingerprint density at radius 2 is 2.04 bits per heavy atom. The normalized spacial score (nSPS) is 13.0. The largest absolute Gasteiger partial charge is 0.490 e. The molecule has 1 rings (SSSR count). The molecule has 0 bridgehead atoms. The van der Waals surface area contributed by atoms with Gasteiger partial charge in [-0.3, -0.25) is 4.99 Å². The number of nitrogens with zero attached hydrogens (tertiary/aromatic N) is 2. The molecule has 0 heterocycles. The molecular formula is C19H34N4O. The molecule has 0 aliphatic rings. The molecule has 0 aliphatic carbocycles. The monoisotopic (exact) mass is 334 g/mol. The predicted molar refractivity (Wildman–Crippen MR) is 103 cm³/mol. The zero-order chi connectivity index (χ0) is 17.9. The lowest BCUT2D eigenvalue weighted by Gasteiger charge is -2.18. The Balaban J connectivity index is 2.58. The number of rotatable bonds is 9. The molecule has 0 spiro atoms. The first-order chi connectivity index (χ1) is 11.5. The Bertz CT molecular complexity index is 514. The number of aryl methyl sites for hydroxylation is 1. The second-order valence-corrected chi connectivity index (χ2v) is 6.46. The minimum absolute atomic E-state index is 0.217. The van der Waals surface area contributed by atoms with Gasteiger partial charge >= 0.3 is 0 Å². The first kappa shape index (κ1) is 20.3. The van der Waals surface area contributed by atoms with E-state index in [1.165, 1.54) is 5.56 Å². The maximum Gasteiger partial charge on any atom is 0.191 e. The van der Waals surface area contributed by atoms with Crippen molar-refractivity contribution in [2.24, 2.45) is 4.99 Å². The summed E-state index contributed by atoms with van der Waals surface area (Å²) in [6.07, 6.45) is 2.30. The van der Waals surface area contributed by atoms with Gasteiger partial charge in [0.15, 0.2) is 5.96 Å². The molecule has 1 aromatic rings. The molecule has 0 aromatic heterocycles. The van der Waals surface area contributed by atoms with Gasteiger partial charge in [0.05, 0.1) is 6.10 Å². The van der Waals surface area contributed by atoms with E-state index in [1.807, 2.05) is 0 Å². The van der Waals surface area contributed by atoms with E-state index in [1.54, 1.807) is 7.05 Å². The lowest BCUT2D eigenvalue weighted by atomic mass is 10.1. The van der Waals surface area contributed by atoms with Crippen LogP contribution in [0, 0.1) is 6.92 Å². The van der Waals surface area contributed by atoms with Crippen molar-refractivity contribution in [1.29, 1.82) is 0 Å². The number of hydrogen-bond acceptors (Lipinski definition) is 3. The van der Waals surface area contributed by atoms with Crippen LogP contribution in [0.4, 0.5) is 0 Å². The highest BCUT2D eigenvalue weighted by atomic mass is 16.5. The van der Waals surface area contributed by atoms with Crippen molar-refractivity contribution in [3.63, 3.8) is 0 Å². The van der Waals surface area contributed by atoms with Gasteiger partial charge in [-0.15, -0.1) is 0 Å². The van der Waals surface area contributed by atoms with Crippen molar-refractivity contribution in [3.05, 3.63) is 29.3 Å². The molecule has 1 unspecified atom stereocenters. The number of benzene rings is 1. The van der Waals surface area contributed by atoms with Gasteiger partial charge < -0.3 is 20.3 Å². The molecule has 0 amide bonds. The first-order valence-electron chi connectivity index (χ1n) is 8.81. The fourth-order valence-electron chi connectivity index (χ4n) is 2.22. The highest BCUT2D eigenvalue weighted by molar-refractivity contribution is 5.79. The molecular weight excluding hydrogens is 300 g/mol. The van der Waals surface area contributed by atoms with Gasteiger partial charge in [0.1, 0.15) is 5.75 Å². The van der Waals surface area contributed by atoms with E-state index in [0.717, 1.165) is 43.2 Å². The number of nitrogens with one attached hydrogen (secondary N) is 2. The highest BCUT2D eigenvalue weighted by Crippen LogP contribution is 2.22. The molecule has 1 aromatic carbocycles. The molecule has 0 radical (unpaired) electrons. The molecule has 0 aliphatic heterocycles. The summed E-state index contributed by atoms with van der Waals surface area (Å²) < 4.78 is 6.06. The van der Waals surface area contributed by atoms with Crippen molar-refractivity contribution in [3.8, 4) is 5.75 Å². The quantitative estimate of drug-likeness (QED) is 0.414. The fourth-order valence-corrected chi connectivity index (χ4v) is 2.22. The van der Waals surface area contributed by atoms with Crippen LogP contribution in [0.2, 0.25) is 0 Å². The number of hydrogen-bond donors (Lipinski definition) is 2. The van der Waals surface area contributed by atoms with Crippen LogP contribution in [-0.2, 0) is 6.54 Å². The Morgan fingerprint density at radius 3 is 2.67 bits per heavy atom. The van der Waals surface area contributed by atoms with Crippen LogP contribution in [0.15, 0.2) is 23.2 Å². The SMILES string of the molecule is CCC(C)Oc1cc(C)ccc1CNC(=NC)NCCCN(C)C. The molecule has 1 atom stereocenters. The third-order valence-corrected chi connectivity index (χ3v) is 3.87. The first-order valence-corrected chi connectivity index (χ1v) is 8.81. The maximum atomic E-state index is 6.06. The summed E-state index contributed by atoms with van der Waals surface area (Å²) in [4.78, 5) is 6.47. The topological polar surface area (TPSA) is 48.9 Å². The summed E-state index contributed by atoms with van der Waals surface area (Å²) in [6, 6.07) is 6.35. The van der Waals surface area contributed by atoms with Crippen molar-refractivity contribution in [2.45, 2.75) is 46.3 Å². The molecule has 0 fully saturated rings. The summed E-state index contributed by atoms with van der Waals surface area (Å²) in [7, 11) is 5.97.